The Bertz CT molecular complexity index is 827. The van der Waals surface area contributed by atoms with Crippen molar-refractivity contribution in [1.82, 2.24) is 15.2 Å². The predicted molar refractivity (Wildman–Crippen MR) is 116 cm³/mol. The average molecular weight is 382 g/mol. The highest BCUT2D eigenvalue weighted by Crippen LogP contribution is 2.20. The SMILES string of the molecule is CN=C(NCCCCn1ccccc1=O)NC1CCN(c2ccc(C)cc2)C1. The van der Waals surface area contributed by atoms with Crippen LogP contribution in [0.5, 0.6) is 0 Å². The fourth-order valence-electron chi connectivity index (χ4n) is 3.52. The van der Waals surface area contributed by atoms with Crippen LogP contribution in [0.15, 0.2) is 58.4 Å². The minimum absolute atomic E-state index is 0.0623. The zero-order chi connectivity index (χ0) is 19.8. The molecule has 6 nitrogen and oxygen atoms in total. The number of nitrogens with zero attached hydrogens (tertiary/aromatic N) is 3. The van der Waals surface area contributed by atoms with E-state index in [0.717, 1.165) is 51.4 Å². The summed E-state index contributed by atoms with van der Waals surface area (Å²) in [5.41, 5.74) is 2.64. The molecule has 2 N–H and O–H groups in total. The molecule has 1 atom stereocenters. The van der Waals surface area contributed by atoms with Crippen LogP contribution in [0.1, 0.15) is 24.8 Å². The number of nitrogens with one attached hydrogen (secondary N) is 2. The third-order valence-electron chi connectivity index (χ3n) is 5.17. The molecule has 1 unspecified atom stereocenters. The normalized spacial score (nSPS) is 17.0. The maximum Gasteiger partial charge on any atom is 0.250 e. The summed E-state index contributed by atoms with van der Waals surface area (Å²) in [4.78, 5) is 18.5. The molecule has 1 aliphatic heterocycles. The monoisotopic (exact) mass is 381 g/mol. The highest BCUT2D eigenvalue weighted by Gasteiger charge is 2.23. The van der Waals surface area contributed by atoms with Gasteiger partial charge in [-0.3, -0.25) is 9.79 Å². The Kier molecular flexibility index (Phi) is 7.12. The molecule has 0 saturated carbocycles. The molecule has 150 valence electrons. The Balaban J connectivity index is 1.37. The fraction of sp³-hybridized carbons (Fsp3) is 0.455. The van der Waals surface area contributed by atoms with Crippen molar-refractivity contribution in [2.75, 3.05) is 31.6 Å². The quantitative estimate of drug-likeness (QED) is 0.439. The number of hydrogen-bond donors (Lipinski definition) is 2. The van der Waals surface area contributed by atoms with Crippen molar-refractivity contribution in [2.45, 2.75) is 38.8 Å². The Morgan fingerprint density at radius 1 is 1.18 bits per heavy atom. The van der Waals surface area contributed by atoms with Gasteiger partial charge in [0.05, 0.1) is 0 Å². The molecule has 0 bridgehead atoms. The Morgan fingerprint density at radius 3 is 2.75 bits per heavy atom. The van der Waals surface area contributed by atoms with E-state index in [-0.39, 0.29) is 5.56 Å². The van der Waals surface area contributed by atoms with Gasteiger partial charge in [0.25, 0.3) is 0 Å². The van der Waals surface area contributed by atoms with Crippen LogP contribution in [0.25, 0.3) is 0 Å². The van der Waals surface area contributed by atoms with E-state index in [1.807, 2.05) is 19.3 Å². The third-order valence-corrected chi connectivity index (χ3v) is 5.17. The lowest BCUT2D eigenvalue weighted by Gasteiger charge is -2.20. The molecule has 2 aromatic rings. The molecule has 0 radical (unpaired) electrons. The zero-order valence-corrected chi connectivity index (χ0v) is 16.9. The van der Waals surface area contributed by atoms with Gasteiger partial charge in [0.1, 0.15) is 0 Å². The van der Waals surface area contributed by atoms with Gasteiger partial charge in [-0.2, -0.15) is 0 Å². The number of rotatable bonds is 7. The van der Waals surface area contributed by atoms with E-state index < -0.39 is 0 Å². The first kappa shape index (κ1) is 20.0. The van der Waals surface area contributed by atoms with Gasteiger partial charge in [0.15, 0.2) is 5.96 Å². The second-order valence-corrected chi connectivity index (χ2v) is 7.35. The number of anilines is 1. The summed E-state index contributed by atoms with van der Waals surface area (Å²) in [5, 5.41) is 6.93. The van der Waals surface area contributed by atoms with Crippen LogP contribution >= 0.6 is 0 Å². The predicted octanol–water partition coefficient (Wildman–Crippen LogP) is 2.38. The van der Waals surface area contributed by atoms with Gasteiger partial charge >= 0.3 is 0 Å². The van der Waals surface area contributed by atoms with Crippen molar-refractivity contribution in [3.8, 4) is 0 Å². The molecule has 0 aliphatic carbocycles. The Hall–Kier alpha value is -2.76. The molecular weight excluding hydrogens is 350 g/mol. The summed E-state index contributed by atoms with van der Waals surface area (Å²) >= 11 is 0. The lowest BCUT2D eigenvalue weighted by Crippen LogP contribution is -2.44. The molecule has 2 heterocycles. The first-order valence-corrected chi connectivity index (χ1v) is 10.1. The molecular formula is C22H31N5O. The number of unbranched alkanes of at least 4 members (excludes halogenated alkanes) is 1. The number of guanidine groups is 1. The van der Waals surface area contributed by atoms with E-state index in [0.29, 0.717) is 6.04 Å². The van der Waals surface area contributed by atoms with Gasteiger partial charge in [0.2, 0.25) is 5.56 Å². The number of aromatic nitrogens is 1. The van der Waals surface area contributed by atoms with Gasteiger partial charge in [-0.15, -0.1) is 0 Å². The minimum Gasteiger partial charge on any atom is -0.369 e. The van der Waals surface area contributed by atoms with E-state index in [1.54, 1.807) is 16.7 Å². The third kappa shape index (κ3) is 5.62. The molecule has 28 heavy (non-hydrogen) atoms. The van der Waals surface area contributed by atoms with Crippen LogP contribution in [0.2, 0.25) is 0 Å². The number of hydrogen-bond acceptors (Lipinski definition) is 3. The van der Waals surface area contributed by atoms with E-state index in [9.17, 15) is 4.79 Å². The first-order chi connectivity index (χ1) is 13.7. The fourth-order valence-corrected chi connectivity index (χ4v) is 3.52. The Labute approximate surface area is 167 Å². The van der Waals surface area contributed by atoms with Crippen LogP contribution in [0.3, 0.4) is 0 Å². The zero-order valence-electron chi connectivity index (χ0n) is 16.9. The molecule has 0 amide bonds. The largest absolute Gasteiger partial charge is 0.369 e. The van der Waals surface area contributed by atoms with Crippen LogP contribution in [0, 0.1) is 6.92 Å². The van der Waals surface area contributed by atoms with Crippen molar-refractivity contribution < 1.29 is 0 Å². The van der Waals surface area contributed by atoms with Gasteiger partial charge < -0.3 is 20.1 Å². The Morgan fingerprint density at radius 2 is 2.00 bits per heavy atom. The maximum absolute atomic E-state index is 11.7. The summed E-state index contributed by atoms with van der Waals surface area (Å²) in [6, 6.07) is 14.4. The molecule has 3 rings (SSSR count). The lowest BCUT2D eigenvalue weighted by atomic mass is 10.2. The van der Waals surface area contributed by atoms with E-state index in [2.05, 4.69) is 51.7 Å². The second-order valence-electron chi connectivity index (χ2n) is 7.35. The van der Waals surface area contributed by atoms with Gasteiger partial charge in [-0.25, -0.2) is 0 Å². The minimum atomic E-state index is 0.0623. The second kappa shape index (κ2) is 9.97. The van der Waals surface area contributed by atoms with Crippen LogP contribution in [-0.4, -0.2) is 43.3 Å². The summed E-state index contributed by atoms with van der Waals surface area (Å²) in [6.07, 6.45) is 4.89. The molecule has 1 aliphatic rings. The highest BCUT2D eigenvalue weighted by molar-refractivity contribution is 5.80. The van der Waals surface area contributed by atoms with Crippen LogP contribution in [-0.2, 0) is 6.54 Å². The smallest absolute Gasteiger partial charge is 0.250 e. The van der Waals surface area contributed by atoms with Crippen LogP contribution < -0.4 is 21.1 Å². The summed E-state index contributed by atoms with van der Waals surface area (Å²) in [7, 11) is 1.81. The number of aryl methyl sites for hydroxylation is 2. The van der Waals surface area contributed by atoms with E-state index in [4.69, 9.17) is 0 Å². The summed E-state index contributed by atoms with van der Waals surface area (Å²) < 4.78 is 1.76. The van der Waals surface area contributed by atoms with Crippen molar-refractivity contribution in [1.29, 1.82) is 0 Å². The molecule has 1 aromatic carbocycles. The van der Waals surface area contributed by atoms with Crippen molar-refractivity contribution >= 4 is 11.6 Å². The van der Waals surface area contributed by atoms with Gasteiger partial charge in [-0.05, 0) is 44.4 Å². The van der Waals surface area contributed by atoms with Gasteiger partial charge in [-0.1, -0.05) is 23.8 Å². The molecule has 1 aromatic heterocycles. The standard InChI is InChI=1S/C22H31N5O/c1-18-8-10-20(11-9-18)27-16-12-19(17-27)25-22(23-2)24-13-4-6-15-26-14-5-3-7-21(26)28/h3,5,7-11,14,19H,4,6,12-13,15-17H2,1-2H3,(H2,23,24,25). The molecule has 0 spiro atoms. The van der Waals surface area contributed by atoms with Crippen molar-refractivity contribution in [3.63, 3.8) is 0 Å². The highest BCUT2D eigenvalue weighted by atomic mass is 16.1. The van der Waals surface area contributed by atoms with Crippen LogP contribution in [0.4, 0.5) is 5.69 Å². The number of aliphatic imine (C=N–C) groups is 1. The summed E-state index contributed by atoms with van der Waals surface area (Å²) in [6.45, 7) is 5.76. The van der Waals surface area contributed by atoms with Crippen molar-refractivity contribution in [2.24, 2.45) is 4.99 Å². The van der Waals surface area contributed by atoms with Crippen molar-refractivity contribution in [3.05, 3.63) is 64.6 Å². The average Bonchev–Trinajstić information content (AvgIpc) is 3.17. The van der Waals surface area contributed by atoms with Gasteiger partial charge in [0, 0.05) is 57.2 Å². The van der Waals surface area contributed by atoms with E-state index in [1.165, 1.54) is 11.3 Å². The number of pyridine rings is 1. The summed E-state index contributed by atoms with van der Waals surface area (Å²) in [5.74, 6) is 0.854. The first-order valence-electron chi connectivity index (χ1n) is 10.1. The molecule has 1 saturated heterocycles. The lowest BCUT2D eigenvalue weighted by molar-refractivity contribution is 0.580. The molecule has 1 fully saturated rings. The maximum atomic E-state index is 11.7. The van der Waals surface area contributed by atoms with E-state index >= 15 is 0 Å². The topological polar surface area (TPSA) is 61.7 Å². The number of benzene rings is 1. The molecule has 6 heteroatoms.